The molecule has 1 aliphatic heterocycles. The maximum Gasteiger partial charge on any atom is 0.294 e. The number of imide groups is 1. The number of amides is 3. The van der Waals surface area contributed by atoms with Gasteiger partial charge in [0.25, 0.3) is 17.1 Å². The summed E-state index contributed by atoms with van der Waals surface area (Å²) < 4.78 is 5.13. The zero-order chi connectivity index (χ0) is 16.1. The largest absolute Gasteiger partial charge is 0.484 e. The molecular formula is C15H12N2O4S. The molecule has 1 heterocycles. The van der Waals surface area contributed by atoms with Crippen LogP contribution in [0.5, 0.6) is 5.75 Å². The molecule has 0 spiro atoms. The van der Waals surface area contributed by atoms with E-state index in [9.17, 15) is 14.4 Å². The average Bonchev–Trinajstić information content (AvgIpc) is 2.74. The predicted molar refractivity (Wildman–Crippen MR) is 82.6 cm³/mol. The Morgan fingerprint density at radius 3 is 2.64 bits per heavy atom. The highest BCUT2D eigenvalue weighted by atomic mass is 32.2. The van der Waals surface area contributed by atoms with Crippen molar-refractivity contribution in [3.05, 3.63) is 34.7 Å². The molecule has 0 bridgehead atoms. The van der Waals surface area contributed by atoms with E-state index >= 15 is 0 Å². The standard InChI is InChI=1S/C15H12N2O4S/c1-2-7-17-14(19)12(22-15(17)20)8-10-3-5-11(6-4-10)21-9-13(16)18/h1,3-6,8H,7,9H2,(H2,16,18)/b12-8-. The van der Waals surface area contributed by atoms with Crippen LogP contribution in [0.2, 0.25) is 0 Å². The van der Waals surface area contributed by atoms with Crippen LogP contribution in [0.25, 0.3) is 6.08 Å². The van der Waals surface area contributed by atoms with Crippen molar-refractivity contribution in [1.29, 1.82) is 0 Å². The van der Waals surface area contributed by atoms with Crippen LogP contribution in [0.4, 0.5) is 4.79 Å². The van der Waals surface area contributed by atoms with E-state index < -0.39 is 11.8 Å². The number of ether oxygens (including phenoxy) is 1. The topological polar surface area (TPSA) is 89.7 Å². The van der Waals surface area contributed by atoms with E-state index in [1.54, 1.807) is 30.3 Å². The molecule has 7 heteroatoms. The second-order valence-corrected chi connectivity index (χ2v) is 5.29. The van der Waals surface area contributed by atoms with Gasteiger partial charge in [-0.05, 0) is 35.5 Å². The first-order chi connectivity index (χ1) is 10.5. The molecule has 1 aromatic carbocycles. The highest BCUT2D eigenvalue weighted by Gasteiger charge is 2.34. The van der Waals surface area contributed by atoms with E-state index in [4.69, 9.17) is 16.9 Å². The van der Waals surface area contributed by atoms with E-state index in [2.05, 4.69) is 5.92 Å². The minimum Gasteiger partial charge on any atom is -0.484 e. The summed E-state index contributed by atoms with van der Waals surface area (Å²) in [6, 6.07) is 6.68. The second-order valence-electron chi connectivity index (χ2n) is 4.30. The number of hydrogen-bond donors (Lipinski definition) is 1. The number of rotatable bonds is 5. The third-order valence-electron chi connectivity index (χ3n) is 2.68. The summed E-state index contributed by atoms with van der Waals surface area (Å²) in [6.07, 6.45) is 6.72. The Bertz CT molecular complexity index is 688. The van der Waals surface area contributed by atoms with E-state index in [1.165, 1.54) is 0 Å². The number of benzene rings is 1. The SMILES string of the molecule is C#CCN1C(=O)S/C(=C\c2ccc(OCC(N)=O)cc2)C1=O. The fraction of sp³-hybridized carbons (Fsp3) is 0.133. The van der Waals surface area contributed by atoms with Gasteiger partial charge in [0.1, 0.15) is 5.75 Å². The summed E-state index contributed by atoms with van der Waals surface area (Å²) in [5.41, 5.74) is 5.70. The number of carbonyl (C=O) groups is 3. The smallest absolute Gasteiger partial charge is 0.294 e. The number of terminal acetylenes is 1. The molecule has 112 valence electrons. The number of thioether (sulfide) groups is 1. The summed E-state index contributed by atoms with van der Waals surface area (Å²) >= 11 is 0.845. The molecule has 2 rings (SSSR count). The Morgan fingerprint density at radius 2 is 2.05 bits per heavy atom. The summed E-state index contributed by atoms with van der Waals surface area (Å²) in [7, 11) is 0. The molecule has 2 N–H and O–H groups in total. The van der Waals surface area contributed by atoms with Crippen molar-refractivity contribution in [1.82, 2.24) is 4.90 Å². The van der Waals surface area contributed by atoms with Gasteiger partial charge in [0, 0.05) is 0 Å². The lowest BCUT2D eigenvalue weighted by atomic mass is 10.2. The number of carbonyl (C=O) groups excluding carboxylic acids is 3. The van der Waals surface area contributed by atoms with Crippen LogP contribution >= 0.6 is 11.8 Å². The fourth-order valence-electron chi connectivity index (χ4n) is 1.69. The zero-order valence-corrected chi connectivity index (χ0v) is 12.3. The average molecular weight is 316 g/mol. The van der Waals surface area contributed by atoms with Gasteiger partial charge in [-0.3, -0.25) is 19.3 Å². The Balaban J connectivity index is 2.10. The quantitative estimate of drug-likeness (QED) is 0.651. The number of nitrogens with two attached hydrogens (primary N) is 1. The molecule has 0 aromatic heterocycles. The van der Waals surface area contributed by atoms with Crippen molar-refractivity contribution in [3.8, 4) is 18.1 Å². The van der Waals surface area contributed by atoms with Crippen LogP contribution in [-0.4, -0.2) is 35.1 Å². The van der Waals surface area contributed by atoms with Crippen molar-refractivity contribution in [2.45, 2.75) is 0 Å². The van der Waals surface area contributed by atoms with Gasteiger partial charge in [0.15, 0.2) is 6.61 Å². The first-order valence-corrected chi connectivity index (χ1v) is 7.03. The molecule has 0 saturated carbocycles. The first kappa shape index (κ1) is 15.7. The van der Waals surface area contributed by atoms with Crippen molar-refractivity contribution < 1.29 is 19.1 Å². The molecule has 0 unspecified atom stereocenters. The molecule has 0 radical (unpaired) electrons. The maximum absolute atomic E-state index is 12.0. The monoisotopic (exact) mass is 316 g/mol. The molecule has 1 fully saturated rings. The molecule has 1 saturated heterocycles. The number of hydrogen-bond acceptors (Lipinski definition) is 5. The van der Waals surface area contributed by atoms with Crippen molar-refractivity contribution in [3.63, 3.8) is 0 Å². The molecule has 1 aliphatic rings. The highest BCUT2D eigenvalue weighted by Crippen LogP contribution is 2.32. The van der Waals surface area contributed by atoms with Crippen LogP contribution in [-0.2, 0) is 9.59 Å². The van der Waals surface area contributed by atoms with E-state index in [0.717, 1.165) is 22.2 Å². The fourth-order valence-corrected chi connectivity index (χ4v) is 2.53. The summed E-state index contributed by atoms with van der Waals surface area (Å²) in [4.78, 5) is 35.6. The van der Waals surface area contributed by atoms with Gasteiger partial charge in [-0.25, -0.2) is 0 Å². The number of primary amides is 1. The Hall–Kier alpha value is -2.72. The van der Waals surface area contributed by atoms with Crippen LogP contribution in [0.15, 0.2) is 29.2 Å². The minimum absolute atomic E-state index is 0.0398. The van der Waals surface area contributed by atoms with Crippen LogP contribution in [0, 0.1) is 12.3 Å². The van der Waals surface area contributed by atoms with Gasteiger partial charge in [0.05, 0.1) is 11.4 Å². The van der Waals surface area contributed by atoms with Gasteiger partial charge in [-0.1, -0.05) is 18.1 Å². The van der Waals surface area contributed by atoms with Gasteiger partial charge in [-0.15, -0.1) is 6.42 Å². The number of nitrogens with zero attached hydrogens (tertiary/aromatic N) is 1. The van der Waals surface area contributed by atoms with Crippen molar-refractivity contribution in [2.24, 2.45) is 5.73 Å². The Kier molecular flexibility index (Phi) is 4.86. The Labute approximate surface area is 131 Å². The predicted octanol–water partition coefficient (Wildman–Crippen LogP) is 1.22. The third-order valence-corrected chi connectivity index (χ3v) is 3.59. The highest BCUT2D eigenvalue weighted by molar-refractivity contribution is 8.18. The summed E-state index contributed by atoms with van der Waals surface area (Å²) in [6.45, 7) is -0.244. The van der Waals surface area contributed by atoms with E-state index in [-0.39, 0.29) is 18.4 Å². The molecule has 0 aliphatic carbocycles. The van der Waals surface area contributed by atoms with E-state index in [0.29, 0.717) is 10.7 Å². The molecule has 0 atom stereocenters. The molecular weight excluding hydrogens is 304 g/mol. The van der Waals surface area contributed by atoms with Crippen LogP contribution in [0.1, 0.15) is 5.56 Å². The lowest BCUT2D eigenvalue weighted by Crippen LogP contribution is -2.28. The van der Waals surface area contributed by atoms with Crippen molar-refractivity contribution >= 4 is 34.9 Å². The maximum atomic E-state index is 12.0. The van der Waals surface area contributed by atoms with Gasteiger partial charge in [-0.2, -0.15) is 0 Å². The summed E-state index contributed by atoms with van der Waals surface area (Å²) in [5.74, 6) is 1.79. The van der Waals surface area contributed by atoms with Gasteiger partial charge < -0.3 is 10.5 Å². The minimum atomic E-state index is -0.564. The Morgan fingerprint density at radius 1 is 1.36 bits per heavy atom. The molecule has 1 aromatic rings. The van der Waals surface area contributed by atoms with E-state index in [1.807, 2.05) is 0 Å². The normalized spacial score (nSPS) is 16.0. The van der Waals surface area contributed by atoms with Crippen LogP contribution < -0.4 is 10.5 Å². The molecule has 3 amide bonds. The van der Waals surface area contributed by atoms with Crippen molar-refractivity contribution in [2.75, 3.05) is 13.2 Å². The lowest BCUT2D eigenvalue weighted by Gasteiger charge is -2.06. The first-order valence-electron chi connectivity index (χ1n) is 6.21. The van der Waals surface area contributed by atoms with Crippen LogP contribution in [0.3, 0.4) is 0 Å². The van der Waals surface area contributed by atoms with Gasteiger partial charge in [0.2, 0.25) is 0 Å². The lowest BCUT2D eigenvalue weighted by molar-refractivity contribution is -0.122. The third kappa shape index (κ3) is 3.68. The molecule has 22 heavy (non-hydrogen) atoms. The zero-order valence-electron chi connectivity index (χ0n) is 11.4. The molecule has 6 nitrogen and oxygen atoms in total. The summed E-state index contributed by atoms with van der Waals surface area (Å²) in [5, 5.41) is -0.379. The van der Waals surface area contributed by atoms with Gasteiger partial charge >= 0.3 is 0 Å². The second kappa shape index (κ2) is 6.83.